The molecule has 1 aliphatic heterocycles. The third-order valence-electron chi connectivity index (χ3n) is 6.15. The Balaban J connectivity index is 1.55. The maximum Gasteiger partial charge on any atom is 0.254 e. The van der Waals surface area contributed by atoms with Crippen molar-refractivity contribution in [2.75, 3.05) is 13.1 Å². The van der Waals surface area contributed by atoms with E-state index in [4.69, 9.17) is 23.1 Å². The van der Waals surface area contributed by atoms with E-state index in [2.05, 4.69) is 4.99 Å². The van der Waals surface area contributed by atoms with Gasteiger partial charge in [-0.05, 0) is 72.2 Å². The first-order valence-electron chi connectivity index (χ1n) is 11.8. The minimum atomic E-state index is -3.71. The van der Waals surface area contributed by atoms with Crippen molar-refractivity contribution in [1.82, 2.24) is 9.21 Å². The number of guanidine groups is 1. The average Bonchev–Trinajstić information content (AvgIpc) is 3.39. The number of amides is 1. The van der Waals surface area contributed by atoms with Gasteiger partial charge in [-0.25, -0.2) is 13.4 Å². The highest BCUT2D eigenvalue weighted by Gasteiger charge is 2.35. The van der Waals surface area contributed by atoms with Gasteiger partial charge < -0.3 is 21.5 Å². The number of aromatic hydroxyl groups is 1. The molecule has 1 amide bonds. The summed E-state index contributed by atoms with van der Waals surface area (Å²) in [6.45, 7) is 0.678. The number of nitrogens with zero attached hydrogens (tertiary/aromatic N) is 3. The minimum absolute atomic E-state index is 0.0876. The minimum Gasteiger partial charge on any atom is -0.508 e. The van der Waals surface area contributed by atoms with E-state index in [9.17, 15) is 18.3 Å². The van der Waals surface area contributed by atoms with Crippen molar-refractivity contribution in [2.45, 2.75) is 19.0 Å². The van der Waals surface area contributed by atoms with Crippen LogP contribution in [0, 0.1) is 0 Å². The van der Waals surface area contributed by atoms with Crippen LogP contribution >= 0.6 is 11.6 Å². The normalized spacial score (nSPS) is 16.0. The molecule has 0 aliphatic carbocycles. The second-order valence-electron chi connectivity index (χ2n) is 8.88. The van der Waals surface area contributed by atoms with Gasteiger partial charge >= 0.3 is 0 Å². The van der Waals surface area contributed by atoms with Crippen LogP contribution in [-0.4, -0.2) is 53.7 Å². The summed E-state index contributed by atoms with van der Waals surface area (Å²) in [4.78, 5) is 19.3. The molecule has 1 heterocycles. The molecule has 1 unspecified atom stereocenters. The Labute approximate surface area is 226 Å². The second kappa shape index (κ2) is 11.7. The van der Waals surface area contributed by atoms with Crippen LogP contribution in [0.4, 0.5) is 5.69 Å². The average molecular weight is 554 g/mol. The molecule has 38 heavy (non-hydrogen) atoms. The number of rotatable bonds is 8. The highest BCUT2D eigenvalue weighted by molar-refractivity contribution is 7.92. The molecule has 1 atom stereocenters. The molecule has 11 heteroatoms. The summed E-state index contributed by atoms with van der Waals surface area (Å²) in [5.74, 6) is -0.224. The van der Waals surface area contributed by atoms with Crippen LogP contribution in [0.1, 0.15) is 27.9 Å². The second-order valence-corrected chi connectivity index (χ2v) is 11.1. The fraction of sp³-hybridized carbons (Fsp3) is 0.185. The van der Waals surface area contributed by atoms with E-state index in [1.54, 1.807) is 77.7 Å². The van der Waals surface area contributed by atoms with Gasteiger partial charge in [0.05, 0.1) is 5.69 Å². The molecular weight excluding hydrogens is 526 g/mol. The molecule has 0 bridgehead atoms. The number of aliphatic imine (C=N–C) groups is 1. The van der Waals surface area contributed by atoms with E-state index in [0.717, 1.165) is 5.56 Å². The predicted octanol–water partition coefficient (Wildman–Crippen LogP) is 3.67. The van der Waals surface area contributed by atoms with Gasteiger partial charge in [-0.15, -0.1) is 0 Å². The Morgan fingerprint density at radius 2 is 1.71 bits per heavy atom. The van der Waals surface area contributed by atoms with Crippen molar-refractivity contribution in [1.29, 1.82) is 0 Å². The molecular formula is C27H28ClN5O4S. The van der Waals surface area contributed by atoms with Crippen molar-refractivity contribution in [3.05, 3.63) is 99.9 Å². The third-order valence-corrected chi connectivity index (χ3v) is 7.94. The van der Waals surface area contributed by atoms with Crippen molar-refractivity contribution in [2.24, 2.45) is 16.5 Å². The largest absolute Gasteiger partial charge is 0.508 e. The molecule has 3 aromatic carbocycles. The molecule has 4 rings (SSSR count). The van der Waals surface area contributed by atoms with Gasteiger partial charge in [0.1, 0.15) is 5.75 Å². The van der Waals surface area contributed by atoms with Crippen LogP contribution in [0.2, 0.25) is 5.02 Å². The van der Waals surface area contributed by atoms with Crippen molar-refractivity contribution in [3.8, 4) is 5.75 Å². The molecule has 9 nitrogen and oxygen atoms in total. The molecule has 1 aliphatic rings. The molecule has 0 spiro atoms. The smallest absolute Gasteiger partial charge is 0.254 e. The maximum absolute atomic E-state index is 13.6. The third kappa shape index (κ3) is 6.91. The number of halogens is 1. The topological polar surface area (TPSA) is 142 Å². The summed E-state index contributed by atoms with van der Waals surface area (Å²) < 4.78 is 27.5. The van der Waals surface area contributed by atoms with Crippen LogP contribution in [0.25, 0.3) is 6.08 Å². The SMILES string of the molecule is NC(N)=Nc1ccc(C(=O)N(Cc2ccc(O)cc2)C2CCN(S(=O)(=O)/C=C/c3ccc(Cl)cc3)C2)cc1. The zero-order valence-electron chi connectivity index (χ0n) is 20.4. The molecule has 0 aromatic heterocycles. The number of phenols is 1. The predicted molar refractivity (Wildman–Crippen MR) is 149 cm³/mol. The number of phenolic OH excluding ortho intramolecular Hbond substituents is 1. The molecule has 1 saturated heterocycles. The van der Waals surface area contributed by atoms with Gasteiger partial charge in [0.15, 0.2) is 5.96 Å². The van der Waals surface area contributed by atoms with Crippen LogP contribution in [0.15, 0.2) is 83.2 Å². The van der Waals surface area contributed by atoms with Crippen LogP contribution in [0.5, 0.6) is 5.75 Å². The van der Waals surface area contributed by atoms with Crippen LogP contribution < -0.4 is 11.5 Å². The molecule has 0 saturated carbocycles. The fourth-order valence-electron chi connectivity index (χ4n) is 4.18. The summed E-state index contributed by atoms with van der Waals surface area (Å²) in [5.41, 5.74) is 13.3. The summed E-state index contributed by atoms with van der Waals surface area (Å²) in [6.07, 6.45) is 2.00. The molecule has 5 N–H and O–H groups in total. The lowest BCUT2D eigenvalue weighted by molar-refractivity contribution is 0.0671. The lowest BCUT2D eigenvalue weighted by Gasteiger charge is -2.29. The lowest BCUT2D eigenvalue weighted by Crippen LogP contribution is -2.42. The molecule has 1 fully saturated rings. The van der Waals surface area contributed by atoms with Crippen molar-refractivity contribution >= 4 is 45.3 Å². The van der Waals surface area contributed by atoms with Crippen LogP contribution in [-0.2, 0) is 16.6 Å². The summed E-state index contributed by atoms with van der Waals surface area (Å²) in [5, 5.41) is 11.4. The molecule has 3 aromatic rings. The highest BCUT2D eigenvalue weighted by atomic mass is 35.5. The Bertz CT molecular complexity index is 1440. The van der Waals surface area contributed by atoms with Crippen molar-refractivity contribution < 1.29 is 18.3 Å². The van der Waals surface area contributed by atoms with E-state index < -0.39 is 10.0 Å². The van der Waals surface area contributed by atoms with Gasteiger partial charge in [-0.1, -0.05) is 35.9 Å². The number of benzene rings is 3. The molecule has 0 radical (unpaired) electrons. The quantitative estimate of drug-likeness (QED) is 0.287. The van der Waals surface area contributed by atoms with Gasteiger partial charge in [0, 0.05) is 41.7 Å². The number of nitrogens with two attached hydrogens (primary N) is 2. The van der Waals surface area contributed by atoms with Gasteiger partial charge in [0.2, 0.25) is 10.0 Å². The van der Waals surface area contributed by atoms with Gasteiger partial charge in [-0.2, -0.15) is 4.31 Å². The highest BCUT2D eigenvalue weighted by Crippen LogP contribution is 2.25. The Kier molecular flexibility index (Phi) is 8.35. The maximum atomic E-state index is 13.6. The summed E-state index contributed by atoms with van der Waals surface area (Å²) in [6, 6.07) is 19.6. The monoisotopic (exact) mass is 553 g/mol. The number of sulfonamides is 1. The van der Waals surface area contributed by atoms with Gasteiger partial charge in [0.25, 0.3) is 5.91 Å². The Morgan fingerprint density at radius 3 is 2.34 bits per heavy atom. The first kappa shape index (κ1) is 27.2. The zero-order chi connectivity index (χ0) is 27.3. The van der Waals surface area contributed by atoms with E-state index in [-0.39, 0.29) is 43.3 Å². The van der Waals surface area contributed by atoms with E-state index in [0.29, 0.717) is 28.3 Å². The number of hydrogen-bond donors (Lipinski definition) is 3. The van der Waals surface area contributed by atoms with Crippen molar-refractivity contribution in [3.63, 3.8) is 0 Å². The first-order chi connectivity index (χ1) is 18.1. The summed E-state index contributed by atoms with van der Waals surface area (Å²) in [7, 11) is -3.71. The zero-order valence-corrected chi connectivity index (χ0v) is 22.0. The van der Waals surface area contributed by atoms with E-state index in [1.165, 1.54) is 15.8 Å². The number of hydrogen-bond acceptors (Lipinski definition) is 5. The van der Waals surface area contributed by atoms with Crippen LogP contribution in [0.3, 0.4) is 0 Å². The first-order valence-corrected chi connectivity index (χ1v) is 13.7. The fourth-order valence-corrected chi connectivity index (χ4v) is 5.55. The summed E-state index contributed by atoms with van der Waals surface area (Å²) >= 11 is 5.90. The molecule has 198 valence electrons. The number of carbonyl (C=O) groups excluding carboxylic acids is 1. The van der Waals surface area contributed by atoms with E-state index in [1.807, 2.05) is 0 Å². The van der Waals surface area contributed by atoms with Gasteiger partial charge in [-0.3, -0.25) is 4.79 Å². The standard InChI is InChI=1S/C27H28ClN5O4S/c28-22-7-1-19(2-8-22)14-16-38(36,37)32-15-13-24(18-32)33(17-20-3-11-25(34)12-4-20)26(35)21-5-9-23(10-6-21)31-27(29)30/h1-12,14,16,24,34H,13,15,17-18H2,(H4,29,30,31)/b16-14+. The Morgan fingerprint density at radius 1 is 1.05 bits per heavy atom. The number of carbonyl (C=O) groups is 1. The lowest BCUT2D eigenvalue weighted by atomic mass is 10.1. The Hall–Kier alpha value is -3.86. The van der Waals surface area contributed by atoms with E-state index >= 15 is 0 Å².